The second-order valence-corrected chi connectivity index (χ2v) is 2.89. The second kappa shape index (κ2) is 2.39. The van der Waals surface area contributed by atoms with Crippen molar-refractivity contribution in [1.29, 1.82) is 0 Å². The smallest absolute Gasteiger partial charge is 0.254 e. The number of hydrogen-bond donors (Lipinski definition) is 3. The average molecular weight is 175 g/mol. The summed E-state index contributed by atoms with van der Waals surface area (Å²) in [5.74, 6) is -0.583. The molecule has 0 atom stereocenters. The number of carbonyl (C=O) groups is 1. The first-order valence-corrected chi connectivity index (χ1v) is 3.62. The molecule has 5 N–H and O–H groups in total. The molecule has 1 aromatic rings. The molecule has 1 rings (SSSR count). The molecule has 0 saturated heterocycles. The van der Waals surface area contributed by atoms with E-state index in [1.165, 1.54) is 0 Å². The van der Waals surface area contributed by atoms with E-state index in [0.717, 1.165) is 11.5 Å². The number of aromatic amines is 1. The van der Waals surface area contributed by atoms with E-state index in [-0.39, 0.29) is 5.56 Å². The normalized spacial score (nSPS) is 9.60. The van der Waals surface area contributed by atoms with Crippen LogP contribution in [0.1, 0.15) is 10.4 Å². The summed E-state index contributed by atoms with van der Waals surface area (Å²) < 4.78 is 2.96. The van der Waals surface area contributed by atoms with Gasteiger partial charge in [-0.05, 0) is 11.5 Å². The minimum Gasteiger partial charge on any atom is -0.389 e. The van der Waals surface area contributed by atoms with Crippen LogP contribution in [0.5, 0.6) is 0 Å². The Hall–Kier alpha value is -0.880. The van der Waals surface area contributed by atoms with Crippen molar-refractivity contribution in [2.24, 2.45) is 5.73 Å². The highest BCUT2D eigenvalue weighted by molar-refractivity contribution is 7.71. The fraction of sp³-hybridized carbons (Fsp3) is 0. The molecular formula is C4H5N3OS2. The largest absolute Gasteiger partial charge is 0.389 e. The average Bonchev–Trinajstić information content (AvgIpc) is 2.11. The molecule has 0 radical (unpaired) electrons. The Labute approximate surface area is 66.0 Å². The van der Waals surface area contributed by atoms with E-state index in [4.69, 9.17) is 23.7 Å². The molecule has 0 aliphatic heterocycles. The Morgan fingerprint density at radius 1 is 1.70 bits per heavy atom. The van der Waals surface area contributed by atoms with E-state index in [1.54, 1.807) is 0 Å². The molecule has 0 aliphatic carbocycles. The number of primary amides is 1. The summed E-state index contributed by atoms with van der Waals surface area (Å²) in [5, 5.41) is 0.345. The molecule has 1 aromatic heterocycles. The first kappa shape index (κ1) is 7.23. The van der Waals surface area contributed by atoms with E-state index < -0.39 is 5.91 Å². The number of H-pyrrole nitrogens is 1. The lowest BCUT2D eigenvalue weighted by atomic mass is 10.3. The lowest BCUT2D eigenvalue weighted by Crippen LogP contribution is -2.12. The number of nitrogen functional groups attached to an aromatic ring is 1. The third kappa shape index (κ3) is 1.03. The van der Waals surface area contributed by atoms with Crippen molar-refractivity contribution in [1.82, 2.24) is 4.37 Å². The standard InChI is InChI=1S/C4H5N3OS2/c5-2(8)1-3(6)10-7-4(1)9/h6H2,(H2,5,8)(H,7,9). The van der Waals surface area contributed by atoms with Gasteiger partial charge in [0, 0.05) is 0 Å². The van der Waals surface area contributed by atoms with E-state index in [0.29, 0.717) is 9.64 Å². The van der Waals surface area contributed by atoms with Crippen LogP contribution in [0.3, 0.4) is 0 Å². The number of aromatic nitrogens is 1. The first-order valence-electron chi connectivity index (χ1n) is 2.39. The molecule has 0 fully saturated rings. The maximum Gasteiger partial charge on any atom is 0.254 e. The van der Waals surface area contributed by atoms with Gasteiger partial charge in [-0.25, -0.2) is 0 Å². The fourth-order valence-corrected chi connectivity index (χ4v) is 1.56. The van der Waals surface area contributed by atoms with Crippen molar-refractivity contribution in [3.63, 3.8) is 0 Å². The predicted molar refractivity (Wildman–Crippen MR) is 42.4 cm³/mol. The van der Waals surface area contributed by atoms with E-state index in [9.17, 15) is 4.79 Å². The van der Waals surface area contributed by atoms with Gasteiger partial charge in [-0.2, -0.15) is 0 Å². The minimum absolute atomic E-state index is 0.222. The van der Waals surface area contributed by atoms with Crippen molar-refractivity contribution in [2.75, 3.05) is 5.73 Å². The van der Waals surface area contributed by atoms with Crippen LogP contribution in [0.2, 0.25) is 0 Å². The molecule has 0 aromatic carbocycles. The summed E-state index contributed by atoms with van der Waals surface area (Å²) in [6.07, 6.45) is 0. The Morgan fingerprint density at radius 3 is 2.50 bits per heavy atom. The zero-order valence-corrected chi connectivity index (χ0v) is 6.51. The number of amides is 1. The third-order valence-electron chi connectivity index (χ3n) is 0.974. The zero-order valence-electron chi connectivity index (χ0n) is 4.88. The molecule has 0 aliphatic rings. The van der Waals surface area contributed by atoms with Crippen LogP contribution in [0.4, 0.5) is 5.00 Å². The number of nitrogens with two attached hydrogens (primary N) is 2. The van der Waals surface area contributed by atoms with Crippen LogP contribution in [-0.2, 0) is 0 Å². The number of anilines is 1. The fourth-order valence-electron chi connectivity index (χ4n) is 0.549. The van der Waals surface area contributed by atoms with E-state index in [2.05, 4.69) is 4.37 Å². The van der Waals surface area contributed by atoms with Gasteiger partial charge in [0.25, 0.3) is 5.91 Å². The predicted octanol–water partition coefficient (Wildman–Crippen LogP) is 0.487. The summed E-state index contributed by atoms with van der Waals surface area (Å²) in [5.41, 5.74) is 10.5. The minimum atomic E-state index is -0.583. The quantitative estimate of drug-likeness (QED) is 0.543. The van der Waals surface area contributed by atoms with E-state index >= 15 is 0 Å². The van der Waals surface area contributed by atoms with Gasteiger partial charge in [-0.15, -0.1) is 0 Å². The molecule has 0 saturated carbocycles. The highest BCUT2D eigenvalue weighted by atomic mass is 32.1. The molecule has 6 heteroatoms. The van der Waals surface area contributed by atoms with Gasteiger partial charge in [0.05, 0.1) is 0 Å². The van der Waals surface area contributed by atoms with Gasteiger partial charge in [-0.1, -0.05) is 12.2 Å². The molecular weight excluding hydrogens is 170 g/mol. The van der Waals surface area contributed by atoms with Crippen molar-refractivity contribution in [3.05, 3.63) is 10.2 Å². The van der Waals surface area contributed by atoms with Crippen LogP contribution in [-0.4, -0.2) is 10.3 Å². The Kier molecular flexibility index (Phi) is 1.73. The summed E-state index contributed by atoms with van der Waals surface area (Å²) >= 11 is 5.83. The third-order valence-corrected chi connectivity index (χ3v) is 2.14. The summed E-state index contributed by atoms with van der Waals surface area (Å²) in [7, 11) is 0. The first-order chi connectivity index (χ1) is 4.63. The van der Waals surface area contributed by atoms with Gasteiger partial charge < -0.3 is 11.5 Å². The number of nitrogens with one attached hydrogen (secondary N) is 1. The SMILES string of the molecule is NC(=O)c1c(N)s[nH]c1=S. The van der Waals surface area contributed by atoms with Crippen molar-refractivity contribution >= 4 is 34.7 Å². The highest BCUT2D eigenvalue weighted by Crippen LogP contribution is 2.16. The van der Waals surface area contributed by atoms with Crippen LogP contribution in [0.15, 0.2) is 0 Å². The van der Waals surface area contributed by atoms with Gasteiger partial charge in [0.2, 0.25) is 0 Å². The molecule has 0 unspecified atom stereocenters. The molecule has 4 nitrogen and oxygen atoms in total. The van der Waals surface area contributed by atoms with Crippen molar-refractivity contribution in [3.8, 4) is 0 Å². The molecule has 54 valence electrons. The van der Waals surface area contributed by atoms with Gasteiger partial charge in [0.15, 0.2) is 0 Å². The Balaban J connectivity index is 3.37. The van der Waals surface area contributed by atoms with Gasteiger partial charge in [-0.3, -0.25) is 9.17 Å². The Bertz CT molecular complexity index is 313. The van der Waals surface area contributed by atoms with Crippen molar-refractivity contribution < 1.29 is 4.79 Å². The number of rotatable bonds is 1. The lowest BCUT2D eigenvalue weighted by molar-refractivity contribution is 0.100. The monoisotopic (exact) mass is 175 g/mol. The van der Waals surface area contributed by atoms with Gasteiger partial charge >= 0.3 is 0 Å². The molecule has 0 bridgehead atoms. The van der Waals surface area contributed by atoms with E-state index in [1.807, 2.05) is 0 Å². The van der Waals surface area contributed by atoms with Gasteiger partial charge in [0.1, 0.15) is 15.2 Å². The molecule has 1 amide bonds. The lowest BCUT2D eigenvalue weighted by Gasteiger charge is -1.87. The van der Waals surface area contributed by atoms with Crippen LogP contribution in [0.25, 0.3) is 0 Å². The maximum atomic E-state index is 10.6. The van der Waals surface area contributed by atoms with Crippen LogP contribution >= 0.6 is 23.8 Å². The zero-order chi connectivity index (χ0) is 7.72. The number of carbonyl (C=O) groups excluding carboxylic acids is 1. The maximum absolute atomic E-state index is 10.6. The Morgan fingerprint density at radius 2 is 2.30 bits per heavy atom. The topological polar surface area (TPSA) is 84.9 Å². The summed E-state index contributed by atoms with van der Waals surface area (Å²) in [4.78, 5) is 10.6. The van der Waals surface area contributed by atoms with Crippen molar-refractivity contribution in [2.45, 2.75) is 0 Å². The number of hydrogen-bond acceptors (Lipinski definition) is 4. The molecule has 1 heterocycles. The molecule has 0 spiro atoms. The van der Waals surface area contributed by atoms with Crippen LogP contribution in [0, 0.1) is 4.64 Å². The molecule has 10 heavy (non-hydrogen) atoms. The summed E-state index contributed by atoms with van der Waals surface area (Å²) in [6, 6.07) is 0. The highest BCUT2D eigenvalue weighted by Gasteiger charge is 2.09. The summed E-state index contributed by atoms with van der Waals surface area (Å²) in [6.45, 7) is 0. The van der Waals surface area contributed by atoms with Crippen LogP contribution < -0.4 is 11.5 Å². The second-order valence-electron chi connectivity index (χ2n) is 1.64.